The largest absolute Gasteiger partial charge is 0.494 e. The Morgan fingerprint density at radius 3 is 1.98 bits per heavy atom. The van der Waals surface area contributed by atoms with E-state index in [4.69, 9.17) is 48.1 Å². The molecule has 0 aliphatic carbocycles. The number of nitrogens with zero attached hydrogens (tertiary/aromatic N) is 4. The van der Waals surface area contributed by atoms with E-state index in [1.807, 2.05) is 68.4 Å². The molecule has 0 saturated carbocycles. The molecule has 13 nitrogen and oxygen atoms in total. The minimum atomic E-state index is -0.986. The summed E-state index contributed by atoms with van der Waals surface area (Å²) in [6, 6.07) is 26.5. The Morgan fingerprint density at radius 1 is 0.649 bits per heavy atom. The lowest BCUT2D eigenvalue weighted by molar-refractivity contribution is 0.162. The lowest BCUT2D eigenvalue weighted by Crippen LogP contribution is -2.56. The molecule has 0 aromatic heterocycles. The first-order valence-corrected chi connectivity index (χ1v) is 18.5. The van der Waals surface area contributed by atoms with E-state index < -0.39 is 22.7 Å². The predicted octanol–water partition coefficient (Wildman–Crippen LogP) is 6.96. The molecule has 4 aromatic rings. The van der Waals surface area contributed by atoms with Crippen LogP contribution in [0.15, 0.2) is 112 Å². The number of ether oxygens (including phenoxy) is 7. The molecule has 0 radical (unpaired) electrons. The van der Waals surface area contributed by atoms with Crippen LogP contribution in [0.5, 0.6) is 28.7 Å². The summed E-state index contributed by atoms with van der Waals surface area (Å²) >= 11 is 0. The minimum Gasteiger partial charge on any atom is -0.494 e. The molecule has 0 bridgehead atoms. The Bertz CT molecular complexity index is 2060. The Labute approximate surface area is 328 Å². The molecular weight excluding hydrogens is 745 g/mol. The van der Waals surface area contributed by atoms with Crippen LogP contribution < -0.4 is 29.8 Å². The fourth-order valence-electron chi connectivity index (χ4n) is 5.83. The van der Waals surface area contributed by atoms with Crippen molar-refractivity contribution in [1.82, 2.24) is 16.0 Å². The number of para-hydroxylation sites is 1. The predicted molar refractivity (Wildman–Crippen MR) is 205 cm³/mol. The number of hydrazine groups is 2. The van der Waals surface area contributed by atoms with E-state index in [-0.39, 0.29) is 55.5 Å². The lowest BCUT2D eigenvalue weighted by atomic mass is 10.0. The number of rotatable bonds is 14. The highest BCUT2D eigenvalue weighted by molar-refractivity contribution is 5.85. The highest BCUT2D eigenvalue weighted by atomic mass is 19.2. The van der Waals surface area contributed by atoms with Crippen molar-refractivity contribution in [3.05, 3.63) is 115 Å². The van der Waals surface area contributed by atoms with E-state index in [0.717, 1.165) is 17.9 Å². The second-order valence-corrected chi connectivity index (χ2v) is 14.1. The van der Waals surface area contributed by atoms with Gasteiger partial charge in [0.1, 0.15) is 65.5 Å². The van der Waals surface area contributed by atoms with Crippen LogP contribution in [-0.4, -0.2) is 79.9 Å². The van der Waals surface area contributed by atoms with Crippen molar-refractivity contribution >= 4 is 18.1 Å². The molecule has 0 spiro atoms. The van der Waals surface area contributed by atoms with Crippen LogP contribution in [0.4, 0.5) is 13.2 Å². The van der Waals surface area contributed by atoms with Gasteiger partial charge in [0.2, 0.25) is 0 Å². The van der Waals surface area contributed by atoms with Gasteiger partial charge in [-0.05, 0) is 86.6 Å². The van der Waals surface area contributed by atoms with Crippen LogP contribution in [0.1, 0.15) is 33.1 Å². The minimum absolute atomic E-state index is 0.168. The van der Waals surface area contributed by atoms with Gasteiger partial charge in [-0.3, -0.25) is 0 Å². The molecule has 57 heavy (non-hydrogen) atoms. The van der Waals surface area contributed by atoms with Gasteiger partial charge in [0.25, 0.3) is 0 Å². The van der Waals surface area contributed by atoms with Crippen LogP contribution in [0.2, 0.25) is 0 Å². The number of hydrogen-bond acceptors (Lipinski definition) is 13. The Morgan fingerprint density at radius 2 is 1.25 bits per heavy atom. The average Bonchev–Trinajstić information content (AvgIpc) is 3.93. The molecule has 4 aromatic carbocycles. The maximum absolute atomic E-state index is 13.6. The lowest BCUT2D eigenvalue weighted by Gasteiger charge is -2.24. The molecule has 0 saturated heterocycles. The second-order valence-electron chi connectivity index (χ2n) is 14.1. The fraction of sp³-hybridized carbons (Fsp3) is 0.341. The van der Waals surface area contributed by atoms with Crippen molar-refractivity contribution in [3.8, 4) is 28.7 Å². The van der Waals surface area contributed by atoms with Crippen LogP contribution >= 0.6 is 0 Å². The van der Waals surface area contributed by atoms with Gasteiger partial charge in [0.15, 0.2) is 11.6 Å². The summed E-state index contributed by atoms with van der Waals surface area (Å²) in [7, 11) is 0. The van der Waals surface area contributed by atoms with Crippen molar-refractivity contribution in [2.24, 2.45) is 15.0 Å². The van der Waals surface area contributed by atoms with Gasteiger partial charge in [-0.2, -0.15) is 0 Å². The van der Waals surface area contributed by atoms with Gasteiger partial charge in [0, 0.05) is 25.3 Å². The molecule has 3 aliphatic rings. The Hall–Kier alpha value is -6.32. The second kappa shape index (κ2) is 17.6. The van der Waals surface area contributed by atoms with Gasteiger partial charge in [0.05, 0.1) is 25.9 Å². The summed E-state index contributed by atoms with van der Waals surface area (Å²) in [6.45, 7) is 5.51. The van der Waals surface area contributed by atoms with Gasteiger partial charge in [-0.1, -0.05) is 18.2 Å². The average molecular weight is 789 g/mol. The summed E-state index contributed by atoms with van der Waals surface area (Å²) in [4.78, 5) is 14.3. The van der Waals surface area contributed by atoms with Crippen LogP contribution in [-0.2, 0) is 14.2 Å². The van der Waals surface area contributed by atoms with Gasteiger partial charge in [-0.25, -0.2) is 39.0 Å². The van der Waals surface area contributed by atoms with Gasteiger partial charge in [-0.15, -0.1) is 5.12 Å². The number of hydrogen-bond donors (Lipinski definition) is 2. The van der Waals surface area contributed by atoms with Crippen molar-refractivity contribution in [3.63, 3.8) is 0 Å². The normalized spacial score (nSPS) is 20.9. The number of nitrogens with one attached hydrogen (secondary N) is 2. The van der Waals surface area contributed by atoms with Crippen molar-refractivity contribution in [2.75, 3.05) is 39.6 Å². The standard InChI is InChI=1S/C41H43F3N6O7/c1-40(19-23-53-34-16-17-35(43)36(44)24-34)26-55-38(46-40)49-50(39-47-41(2,27-56-39)20-22-52-30-10-8-28(42)9-11-30)48-37-45-29(25-54-37)18-21-51-31-12-14-33(15-13-31)57-32-6-4-3-5-7-32/h3-17,24,29H,18-23,25-27H2,1-2H3,(H,45,48)(H,46,49)/t29?,40-,41?/m0/s1. The highest BCUT2D eigenvalue weighted by Gasteiger charge is 2.38. The topological polar surface area (TPSA) is 129 Å². The summed E-state index contributed by atoms with van der Waals surface area (Å²) in [5, 5.41) is 1.39. The molecule has 2 N–H and O–H groups in total. The first-order chi connectivity index (χ1) is 27.6. The van der Waals surface area contributed by atoms with E-state index >= 15 is 0 Å². The molecule has 2 unspecified atom stereocenters. The Kier molecular flexibility index (Phi) is 12.1. The van der Waals surface area contributed by atoms with E-state index in [9.17, 15) is 13.2 Å². The molecule has 300 valence electrons. The number of amidine groups is 3. The molecule has 16 heteroatoms. The highest BCUT2D eigenvalue weighted by Crippen LogP contribution is 2.27. The third-order valence-corrected chi connectivity index (χ3v) is 9.13. The summed E-state index contributed by atoms with van der Waals surface area (Å²) < 4.78 is 81.5. The molecule has 0 fully saturated rings. The zero-order chi connectivity index (χ0) is 39.7. The molecule has 3 aliphatic heterocycles. The smallest absolute Gasteiger partial charge is 0.328 e. The molecule has 3 atom stereocenters. The zero-order valence-corrected chi connectivity index (χ0v) is 31.5. The third-order valence-electron chi connectivity index (χ3n) is 9.13. The van der Waals surface area contributed by atoms with E-state index in [1.165, 1.54) is 23.3 Å². The third kappa shape index (κ3) is 10.9. The van der Waals surface area contributed by atoms with E-state index in [2.05, 4.69) is 10.9 Å². The van der Waals surface area contributed by atoms with Crippen LogP contribution in [0, 0.1) is 17.5 Å². The van der Waals surface area contributed by atoms with Crippen LogP contribution in [0.3, 0.4) is 0 Å². The first kappa shape index (κ1) is 38.9. The monoisotopic (exact) mass is 788 g/mol. The summed E-state index contributed by atoms with van der Waals surface area (Å²) in [5.41, 5.74) is 4.83. The number of halogens is 3. The SMILES string of the molecule is CC1(CCOc2ccc(F)cc2)COC(N(NC2=NC(CCOc3ccc(Oc4ccccc4)cc3)CO2)NC2=N[C@@](C)(CCOc3ccc(F)c(F)c3)CO2)=N1. The zero-order valence-electron chi connectivity index (χ0n) is 31.5. The molecule has 3 heterocycles. The quantitative estimate of drug-likeness (QED) is 0.130. The first-order valence-electron chi connectivity index (χ1n) is 18.5. The van der Waals surface area contributed by atoms with Crippen molar-refractivity contribution in [2.45, 2.75) is 50.2 Å². The van der Waals surface area contributed by atoms with E-state index in [0.29, 0.717) is 56.3 Å². The Balaban J connectivity index is 0.961. The van der Waals surface area contributed by atoms with Gasteiger partial charge < -0.3 is 33.2 Å². The maximum Gasteiger partial charge on any atom is 0.328 e. The maximum atomic E-state index is 13.6. The molecule has 0 amide bonds. The van der Waals surface area contributed by atoms with Crippen LogP contribution in [0.25, 0.3) is 0 Å². The molecule has 7 rings (SSSR count). The van der Waals surface area contributed by atoms with Crippen molar-refractivity contribution < 1.29 is 46.3 Å². The number of benzene rings is 4. The van der Waals surface area contributed by atoms with Gasteiger partial charge >= 0.3 is 18.1 Å². The molecular formula is C41H43F3N6O7. The van der Waals surface area contributed by atoms with E-state index in [1.54, 1.807) is 12.1 Å². The summed E-state index contributed by atoms with van der Waals surface area (Å²) in [6.07, 6.45) is 1.50. The summed E-state index contributed by atoms with van der Waals surface area (Å²) in [5.74, 6) is 0.647. The van der Waals surface area contributed by atoms with Crippen molar-refractivity contribution in [1.29, 1.82) is 0 Å². The number of aliphatic imine (C=N–C) groups is 3. The fourth-order valence-corrected chi connectivity index (χ4v) is 5.83.